The lowest BCUT2D eigenvalue weighted by atomic mass is 9.96. The fourth-order valence-electron chi connectivity index (χ4n) is 3.13. The fourth-order valence-corrected chi connectivity index (χ4v) is 3.13. The molecule has 1 aliphatic heterocycles. The molecule has 3 rings (SSSR count). The number of piperidine rings is 1. The molecule has 1 aliphatic rings. The topological polar surface area (TPSA) is 67.2 Å². The van der Waals surface area contributed by atoms with Crippen molar-refractivity contribution in [1.82, 2.24) is 20.0 Å². The van der Waals surface area contributed by atoms with Crippen LogP contribution in [0, 0.1) is 5.92 Å². The van der Waals surface area contributed by atoms with Gasteiger partial charge in [0.15, 0.2) is 0 Å². The lowest BCUT2D eigenvalue weighted by molar-refractivity contribution is 0.0682. The highest BCUT2D eigenvalue weighted by atomic mass is 16.2. The average molecular weight is 340 g/mol. The first-order valence-electron chi connectivity index (χ1n) is 8.85. The van der Waals surface area contributed by atoms with Gasteiger partial charge in [0.05, 0.1) is 5.69 Å². The highest BCUT2D eigenvalue weighted by Gasteiger charge is 2.24. The van der Waals surface area contributed by atoms with Crippen LogP contribution in [-0.2, 0) is 0 Å². The maximum atomic E-state index is 12.7. The van der Waals surface area contributed by atoms with E-state index in [1.54, 1.807) is 12.1 Å². The van der Waals surface area contributed by atoms with Crippen LogP contribution in [0.25, 0.3) is 5.69 Å². The molecule has 6 heteroatoms. The van der Waals surface area contributed by atoms with Crippen molar-refractivity contribution in [2.75, 3.05) is 26.2 Å². The highest BCUT2D eigenvalue weighted by Crippen LogP contribution is 2.18. The first-order valence-corrected chi connectivity index (χ1v) is 8.85. The molecule has 1 N–H and O–H groups in total. The maximum absolute atomic E-state index is 12.7. The van der Waals surface area contributed by atoms with E-state index < -0.39 is 0 Å². The van der Waals surface area contributed by atoms with E-state index in [0.29, 0.717) is 17.3 Å². The van der Waals surface area contributed by atoms with E-state index in [9.17, 15) is 9.59 Å². The van der Waals surface area contributed by atoms with E-state index in [-0.39, 0.29) is 11.5 Å². The van der Waals surface area contributed by atoms with Gasteiger partial charge in [0, 0.05) is 19.2 Å². The number of carbonyl (C=O) groups is 1. The van der Waals surface area contributed by atoms with Crippen molar-refractivity contribution in [1.29, 1.82) is 0 Å². The third-order valence-corrected chi connectivity index (χ3v) is 4.60. The Labute approximate surface area is 147 Å². The minimum absolute atomic E-state index is 0.105. The zero-order chi connectivity index (χ0) is 17.6. The summed E-state index contributed by atoms with van der Waals surface area (Å²) in [5, 5.41) is 7.66. The van der Waals surface area contributed by atoms with Crippen LogP contribution in [0.5, 0.6) is 0 Å². The number of hydrogen-bond acceptors (Lipinski definition) is 4. The summed E-state index contributed by atoms with van der Waals surface area (Å²) in [5.74, 6) is 0.516. The van der Waals surface area contributed by atoms with Crippen LogP contribution in [0.2, 0.25) is 0 Å². The zero-order valence-electron chi connectivity index (χ0n) is 14.5. The van der Waals surface area contributed by atoms with Gasteiger partial charge in [0.25, 0.3) is 11.5 Å². The molecule has 0 unspecified atom stereocenters. The number of aromatic nitrogens is 2. The standard InChI is InChI=1S/C19H24N4O2/c1-2-20-14-15-10-12-22(13-11-15)19(25)17-8-9-18(24)23(21-17)16-6-4-3-5-7-16/h3-9,15,20H,2,10-14H2,1H3. The Morgan fingerprint density at radius 1 is 1.16 bits per heavy atom. The second-order valence-corrected chi connectivity index (χ2v) is 6.35. The molecule has 1 aromatic carbocycles. The van der Waals surface area contributed by atoms with Crippen LogP contribution in [0.15, 0.2) is 47.3 Å². The molecule has 132 valence electrons. The van der Waals surface area contributed by atoms with Crippen LogP contribution in [0.4, 0.5) is 0 Å². The summed E-state index contributed by atoms with van der Waals surface area (Å²) in [7, 11) is 0. The van der Waals surface area contributed by atoms with E-state index in [2.05, 4.69) is 17.3 Å². The number of carbonyl (C=O) groups excluding carboxylic acids is 1. The number of likely N-dealkylation sites (tertiary alicyclic amines) is 1. The number of nitrogens with zero attached hydrogens (tertiary/aromatic N) is 3. The van der Waals surface area contributed by atoms with Gasteiger partial charge in [0.1, 0.15) is 5.69 Å². The van der Waals surface area contributed by atoms with E-state index in [1.165, 1.54) is 16.8 Å². The molecule has 2 aromatic rings. The number of nitrogens with one attached hydrogen (secondary N) is 1. The first kappa shape index (κ1) is 17.4. The van der Waals surface area contributed by atoms with Crippen molar-refractivity contribution in [3.63, 3.8) is 0 Å². The largest absolute Gasteiger partial charge is 0.337 e. The summed E-state index contributed by atoms with van der Waals surface area (Å²) >= 11 is 0. The van der Waals surface area contributed by atoms with Crippen molar-refractivity contribution in [2.45, 2.75) is 19.8 Å². The van der Waals surface area contributed by atoms with E-state index in [0.717, 1.165) is 39.0 Å². The van der Waals surface area contributed by atoms with Gasteiger partial charge < -0.3 is 10.2 Å². The molecule has 0 radical (unpaired) electrons. The molecule has 0 saturated carbocycles. The Bertz CT molecular complexity index is 764. The van der Waals surface area contributed by atoms with Crippen LogP contribution in [0.3, 0.4) is 0 Å². The first-order chi connectivity index (χ1) is 12.2. The molecule has 2 heterocycles. The third-order valence-electron chi connectivity index (χ3n) is 4.60. The number of amides is 1. The smallest absolute Gasteiger partial charge is 0.274 e. The summed E-state index contributed by atoms with van der Waals surface area (Å²) in [6.45, 7) is 5.56. The van der Waals surface area contributed by atoms with Crippen molar-refractivity contribution < 1.29 is 4.79 Å². The molecular weight excluding hydrogens is 316 g/mol. The van der Waals surface area contributed by atoms with Crippen molar-refractivity contribution in [2.24, 2.45) is 5.92 Å². The molecule has 0 bridgehead atoms. The molecule has 0 atom stereocenters. The Morgan fingerprint density at radius 3 is 2.56 bits per heavy atom. The Hall–Kier alpha value is -2.47. The molecule has 1 fully saturated rings. The van der Waals surface area contributed by atoms with Gasteiger partial charge >= 0.3 is 0 Å². The predicted octanol–water partition coefficient (Wildman–Crippen LogP) is 1.69. The molecule has 0 spiro atoms. The van der Waals surface area contributed by atoms with E-state index in [4.69, 9.17) is 0 Å². The monoisotopic (exact) mass is 340 g/mol. The number of rotatable bonds is 5. The lowest BCUT2D eigenvalue weighted by Crippen LogP contribution is -2.41. The normalized spacial score (nSPS) is 15.3. The fraction of sp³-hybridized carbons (Fsp3) is 0.421. The molecule has 0 aliphatic carbocycles. The third kappa shape index (κ3) is 4.14. The summed E-state index contributed by atoms with van der Waals surface area (Å²) in [6, 6.07) is 12.1. The molecule has 1 saturated heterocycles. The van der Waals surface area contributed by atoms with Crippen LogP contribution >= 0.6 is 0 Å². The molecule has 1 amide bonds. The molecule has 25 heavy (non-hydrogen) atoms. The summed E-state index contributed by atoms with van der Waals surface area (Å²) in [5.41, 5.74) is 0.729. The number of benzene rings is 1. The van der Waals surface area contributed by atoms with Crippen LogP contribution in [-0.4, -0.2) is 46.8 Å². The number of para-hydroxylation sites is 1. The van der Waals surface area contributed by atoms with Crippen LogP contribution < -0.4 is 10.9 Å². The molecular formula is C19H24N4O2. The quantitative estimate of drug-likeness (QED) is 0.899. The predicted molar refractivity (Wildman–Crippen MR) is 97.0 cm³/mol. The number of hydrogen-bond donors (Lipinski definition) is 1. The van der Waals surface area contributed by atoms with Gasteiger partial charge in [-0.25, -0.2) is 0 Å². The van der Waals surface area contributed by atoms with Crippen molar-refractivity contribution >= 4 is 5.91 Å². The van der Waals surface area contributed by atoms with Gasteiger partial charge in [-0.05, 0) is 50.0 Å². The average Bonchev–Trinajstić information content (AvgIpc) is 2.67. The van der Waals surface area contributed by atoms with Crippen molar-refractivity contribution in [3.8, 4) is 5.69 Å². The Kier molecular flexibility index (Phi) is 5.60. The van der Waals surface area contributed by atoms with Crippen LogP contribution in [0.1, 0.15) is 30.3 Å². The Morgan fingerprint density at radius 2 is 1.88 bits per heavy atom. The van der Waals surface area contributed by atoms with Crippen molar-refractivity contribution in [3.05, 3.63) is 58.5 Å². The SMILES string of the molecule is CCNCC1CCN(C(=O)c2ccc(=O)n(-c3ccccc3)n2)CC1. The Balaban J connectivity index is 1.72. The van der Waals surface area contributed by atoms with Gasteiger partial charge in [-0.15, -0.1) is 0 Å². The second-order valence-electron chi connectivity index (χ2n) is 6.35. The second kappa shape index (κ2) is 8.07. The summed E-state index contributed by atoms with van der Waals surface area (Å²) in [6.07, 6.45) is 1.99. The minimum atomic E-state index is -0.243. The summed E-state index contributed by atoms with van der Waals surface area (Å²) < 4.78 is 1.28. The maximum Gasteiger partial charge on any atom is 0.274 e. The molecule has 6 nitrogen and oxygen atoms in total. The lowest BCUT2D eigenvalue weighted by Gasteiger charge is -2.31. The van der Waals surface area contributed by atoms with Gasteiger partial charge in [-0.3, -0.25) is 9.59 Å². The minimum Gasteiger partial charge on any atom is -0.337 e. The van der Waals surface area contributed by atoms with Gasteiger partial charge in [-0.2, -0.15) is 9.78 Å². The van der Waals surface area contributed by atoms with Gasteiger partial charge in [-0.1, -0.05) is 25.1 Å². The molecule has 1 aromatic heterocycles. The van der Waals surface area contributed by atoms with E-state index in [1.807, 2.05) is 23.1 Å². The highest BCUT2D eigenvalue weighted by molar-refractivity contribution is 5.92. The van der Waals surface area contributed by atoms with Gasteiger partial charge in [0.2, 0.25) is 0 Å². The zero-order valence-corrected chi connectivity index (χ0v) is 14.5. The summed E-state index contributed by atoms with van der Waals surface area (Å²) in [4.78, 5) is 26.7. The van der Waals surface area contributed by atoms with E-state index >= 15 is 0 Å².